The smallest absolute Gasteiger partial charge is 0.222 e. The Kier molecular flexibility index (Phi) is 8.45. The molecular weight excluding hydrogens is 423 g/mol. The van der Waals surface area contributed by atoms with Crippen LogP contribution in [0.4, 0.5) is 4.39 Å². The van der Waals surface area contributed by atoms with Crippen LogP contribution in [0.25, 0.3) is 0 Å². The number of hydrogen-bond acceptors (Lipinski definition) is 5. The van der Waals surface area contributed by atoms with E-state index in [2.05, 4.69) is 22.3 Å². The molecule has 2 aromatic carbocycles. The number of halogens is 1. The molecule has 0 saturated carbocycles. The van der Waals surface area contributed by atoms with Gasteiger partial charge in [0.25, 0.3) is 0 Å². The lowest BCUT2D eigenvalue weighted by Gasteiger charge is -2.44. The molecule has 0 bridgehead atoms. The van der Waals surface area contributed by atoms with Crippen molar-refractivity contribution in [2.45, 2.75) is 56.6 Å². The predicted octanol–water partition coefficient (Wildman–Crippen LogP) is 2.68. The topological polar surface area (TPSA) is 71.0 Å². The number of nitrogens with zero attached hydrogens (tertiary/aromatic N) is 1. The van der Waals surface area contributed by atoms with E-state index in [-0.39, 0.29) is 43.0 Å². The first-order valence-electron chi connectivity index (χ1n) is 11.8. The van der Waals surface area contributed by atoms with Crippen molar-refractivity contribution in [2.24, 2.45) is 0 Å². The zero-order chi connectivity index (χ0) is 23.0. The minimum absolute atomic E-state index is 0.0779. The molecule has 0 unspecified atom stereocenters. The molecule has 6 nitrogen and oxygen atoms in total. The first kappa shape index (κ1) is 23.8. The number of aliphatic hydroxyl groups is 1. The van der Waals surface area contributed by atoms with E-state index in [9.17, 15) is 14.3 Å². The molecule has 7 heteroatoms. The van der Waals surface area contributed by atoms with Gasteiger partial charge in [0, 0.05) is 25.7 Å². The Morgan fingerprint density at radius 3 is 2.64 bits per heavy atom. The van der Waals surface area contributed by atoms with Gasteiger partial charge in [-0.1, -0.05) is 42.5 Å². The van der Waals surface area contributed by atoms with Crippen molar-refractivity contribution < 1.29 is 23.8 Å². The molecule has 2 heterocycles. The van der Waals surface area contributed by atoms with Crippen molar-refractivity contribution in [3.8, 4) is 0 Å². The van der Waals surface area contributed by atoms with Gasteiger partial charge in [-0.05, 0) is 42.5 Å². The van der Waals surface area contributed by atoms with Gasteiger partial charge in [-0.2, -0.15) is 0 Å². The fourth-order valence-electron chi connectivity index (χ4n) is 4.70. The summed E-state index contributed by atoms with van der Waals surface area (Å²) in [4.78, 5) is 14.8. The van der Waals surface area contributed by atoms with Crippen LogP contribution >= 0.6 is 0 Å². The molecular formula is C26H33FN2O4. The summed E-state index contributed by atoms with van der Waals surface area (Å²) in [5.74, 6) is -0.368. The van der Waals surface area contributed by atoms with Gasteiger partial charge >= 0.3 is 0 Å². The molecule has 2 aromatic rings. The number of hydrogen-bond donors (Lipinski definition) is 2. The molecule has 0 spiro atoms. The van der Waals surface area contributed by atoms with E-state index in [1.807, 2.05) is 18.2 Å². The highest BCUT2D eigenvalue weighted by Crippen LogP contribution is 2.28. The molecule has 2 aliphatic heterocycles. The predicted molar refractivity (Wildman–Crippen MR) is 123 cm³/mol. The third-order valence-electron chi connectivity index (χ3n) is 6.43. The van der Waals surface area contributed by atoms with Crippen LogP contribution in [0.5, 0.6) is 0 Å². The Bertz CT molecular complexity index is 880. The number of carbonyl (C=O) groups is 1. The minimum atomic E-state index is -0.517. The lowest BCUT2D eigenvalue weighted by atomic mass is 9.94. The number of carbonyl (C=O) groups excluding carboxylic acids is 1. The zero-order valence-corrected chi connectivity index (χ0v) is 18.9. The number of benzene rings is 2. The zero-order valence-electron chi connectivity index (χ0n) is 18.9. The average Bonchev–Trinajstić information content (AvgIpc) is 2.81. The lowest BCUT2D eigenvalue weighted by molar-refractivity contribution is -0.156. The highest BCUT2D eigenvalue weighted by atomic mass is 19.1. The maximum Gasteiger partial charge on any atom is 0.222 e. The van der Waals surface area contributed by atoms with Gasteiger partial charge in [-0.15, -0.1) is 0 Å². The summed E-state index contributed by atoms with van der Waals surface area (Å²) in [5.41, 5.74) is 2.13. The van der Waals surface area contributed by atoms with E-state index in [4.69, 9.17) is 9.47 Å². The number of rotatable bonds is 7. The molecule has 1 amide bonds. The molecule has 2 saturated heterocycles. The average molecular weight is 457 g/mol. The number of β-amino-alcohol motifs (C(OH)–C–C–N with tert-alkyl or cyclic N) is 1. The normalized spacial score (nSPS) is 26.1. The molecule has 33 heavy (non-hydrogen) atoms. The van der Waals surface area contributed by atoms with Crippen LogP contribution in [0, 0.1) is 5.82 Å². The second-order valence-electron chi connectivity index (χ2n) is 8.97. The van der Waals surface area contributed by atoms with Crippen LogP contribution in [0.2, 0.25) is 0 Å². The SMILES string of the molecule is O=C(C[C@@H]1CC[C@H]2[C@@H](COC[C@H](O)CN2CCc2ccccc2)O1)NCc1ccc(F)cc1. The van der Waals surface area contributed by atoms with Gasteiger partial charge in [-0.3, -0.25) is 9.69 Å². The van der Waals surface area contributed by atoms with Crippen LogP contribution in [0.3, 0.4) is 0 Å². The molecule has 0 radical (unpaired) electrons. The second-order valence-corrected chi connectivity index (χ2v) is 8.97. The number of amides is 1. The lowest BCUT2D eigenvalue weighted by Crippen LogP contribution is -2.56. The van der Waals surface area contributed by atoms with Gasteiger partial charge in [-0.25, -0.2) is 4.39 Å². The highest BCUT2D eigenvalue weighted by molar-refractivity contribution is 5.76. The first-order chi connectivity index (χ1) is 16.1. The van der Waals surface area contributed by atoms with Gasteiger partial charge < -0.3 is 19.9 Å². The molecule has 178 valence electrons. The monoisotopic (exact) mass is 456 g/mol. The van der Waals surface area contributed by atoms with E-state index in [1.165, 1.54) is 17.7 Å². The Morgan fingerprint density at radius 1 is 1.06 bits per heavy atom. The summed E-state index contributed by atoms with van der Waals surface area (Å²) >= 11 is 0. The Morgan fingerprint density at radius 2 is 1.85 bits per heavy atom. The van der Waals surface area contributed by atoms with Gasteiger partial charge in [0.1, 0.15) is 5.82 Å². The number of aliphatic hydroxyl groups excluding tert-OH is 1. The fraction of sp³-hybridized carbons (Fsp3) is 0.500. The molecule has 2 fully saturated rings. The van der Waals surface area contributed by atoms with E-state index in [1.54, 1.807) is 12.1 Å². The van der Waals surface area contributed by atoms with Crippen LogP contribution in [0.1, 0.15) is 30.4 Å². The minimum Gasteiger partial charge on any atom is -0.389 e. The van der Waals surface area contributed by atoms with E-state index in [0.29, 0.717) is 19.7 Å². The Hall–Kier alpha value is -2.32. The number of ether oxygens (including phenoxy) is 2. The molecule has 2 N–H and O–H groups in total. The summed E-state index contributed by atoms with van der Waals surface area (Å²) in [7, 11) is 0. The van der Waals surface area contributed by atoms with E-state index < -0.39 is 6.10 Å². The number of nitrogens with one attached hydrogen (secondary N) is 1. The van der Waals surface area contributed by atoms with Crippen molar-refractivity contribution in [3.05, 3.63) is 71.5 Å². The summed E-state index contributed by atoms with van der Waals surface area (Å²) in [6.07, 6.45) is 2.07. The molecule has 0 aromatic heterocycles. The highest BCUT2D eigenvalue weighted by Gasteiger charge is 2.37. The maximum atomic E-state index is 13.0. The van der Waals surface area contributed by atoms with Crippen molar-refractivity contribution in [3.63, 3.8) is 0 Å². The van der Waals surface area contributed by atoms with Crippen LogP contribution in [-0.2, 0) is 27.2 Å². The molecule has 2 aliphatic rings. The quantitative estimate of drug-likeness (QED) is 0.671. The Labute approximate surface area is 194 Å². The third-order valence-corrected chi connectivity index (χ3v) is 6.43. The van der Waals surface area contributed by atoms with Crippen molar-refractivity contribution in [1.29, 1.82) is 0 Å². The summed E-state index contributed by atoms with van der Waals surface area (Å²) in [5, 5.41) is 13.2. The van der Waals surface area contributed by atoms with Crippen molar-refractivity contribution in [1.82, 2.24) is 10.2 Å². The summed E-state index contributed by atoms with van der Waals surface area (Å²) < 4.78 is 25.1. The fourth-order valence-corrected chi connectivity index (χ4v) is 4.70. The van der Waals surface area contributed by atoms with Crippen LogP contribution < -0.4 is 5.32 Å². The second kappa shape index (κ2) is 11.7. The Balaban J connectivity index is 1.30. The van der Waals surface area contributed by atoms with E-state index in [0.717, 1.165) is 31.4 Å². The molecule has 4 rings (SSSR count). The van der Waals surface area contributed by atoms with E-state index >= 15 is 0 Å². The van der Waals surface area contributed by atoms with Gasteiger partial charge in [0.2, 0.25) is 5.91 Å². The summed E-state index contributed by atoms with van der Waals surface area (Å²) in [6, 6.07) is 16.6. The van der Waals surface area contributed by atoms with Gasteiger partial charge in [0.15, 0.2) is 0 Å². The van der Waals surface area contributed by atoms with Crippen molar-refractivity contribution >= 4 is 5.91 Å². The third kappa shape index (κ3) is 7.08. The molecule has 4 atom stereocenters. The number of fused-ring (bicyclic) bond motifs is 1. The van der Waals surface area contributed by atoms with Gasteiger partial charge in [0.05, 0.1) is 37.9 Å². The molecule has 0 aliphatic carbocycles. The van der Waals surface area contributed by atoms with Crippen molar-refractivity contribution in [2.75, 3.05) is 26.3 Å². The maximum absolute atomic E-state index is 13.0. The summed E-state index contributed by atoms with van der Waals surface area (Å²) in [6.45, 7) is 2.47. The largest absolute Gasteiger partial charge is 0.389 e. The standard InChI is InChI=1S/C26H33FN2O4/c27-21-8-6-20(7-9-21)15-28-26(31)14-23-10-11-24-25(33-23)18-32-17-22(30)16-29(24)13-12-19-4-2-1-3-5-19/h1-9,22-25,30H,10-18H2,(H,28,31)/t22-,23+,24+,25-/m1/s1. The van der Waals surface area contributed by atoms with Crippen LogP contribution in [0.15, 0.2) is 54.6 Å². The first-order valence-corrected chi connectivity index (χ1v) is 11.8. The van der Waals surface area contributed by atoms with Crippen LogP contribution in [-0.4, -0.2) is 66.6 Å².